The highest BCUT2D eigenvalue weighted by molar-refractivity contribution is 5.86. The molecule has 0 atom stereocenters. The van der Waals surface area contributed by atoms with Gasteiger partial charge in [0.05, 0.1) is 6.54 Å². The third kappa shape index (κ3) is 3.62. The van der Waals surface area contributed by atoms with Crippen molar-refractivity contribution in [2.45, 2.75) is 25.8 Å². The Kier molecular flexibility index (Phi) is 4.62. The second kappa shape index (κ2) is 6.43. The van der Waals surface area contributed by atoms with Crippen LogP contribution < -0.4 is 5.32 Å². The molecule has 0 radical (unpaired) electrons. The lowest BCUT2D eigenvalue weighted by Gasteiger charge is -2.33. The van der Waals surface area contributed by atoms with E-state index in [0.717, 1.165) is 0 Å². The number of aromatic carboxylic acids is 1. The molecule has 21 heavy (non-hydrogen) atoms. The number of rotatable bonds is 4. The van der Waals surface area contributed by atoms with Crippen LogP contribution in [0.1, 0.15) is 36.3 Å². The summed E-state index contributed by atoms with van der Waals surface area (Å²) in [6.07, 6.45) is 3.18. The molecule has 2 rings (SSSR count). The van der Waals surface area contributed by atoms with E-state index in [1.54, 1.807) is 27.8 Å². The average Bonchev–Trinajstić information content (AvgIpc) is 2.94. The quantitative estimate of drug-likeness (QED) is 0.845. The van der Waals surface area contributed by atoms with Crippen molar-refractivity contribution in [3.05, 3.63) is 24.0 Å². The first-order valence-electron chi connectivity index (χ1n) is 6.91. The van der Waals surface area contributed by atoms with E-state index in [0.29, 0.717) is 25.9 Å². The van der Waals surface area contributed by atoms with Crippen molar-refractivity contribution in [1.82, 2.24) is 14.8 Å². The lowest BCUT2D eigenvalue weighted by molar-refractivity contribution is -0.133. The van der Waals surface area contributed by atoms with Gasteiger partial charge in [-0.25, -0.2) is 4.79 Å². The number of hydrogen-bond acceptors (Lipinski definition) is 3. The van der Waals surface area contributed by atoms with Gasteiger partial charge < -0.3 is 19.9 Å². The number of hydrogen-bond donors (Lipinski definition) is 2. The molecule has 1 saturated heterocycles. The Morgan fingerprint density at radius 3 is 2.57 bits per heavy atom. The van der Waals surface area contributed by atoms with Gasteiger partial charge in [-0.1, -0.05) is 0 Å². The Hall–Kier alpha value is -2.31. The Balaban J connectivity index is 1.91. The summed E-state index contributed by atoms with van der Waals surface area (Å²) < 4.78 is 1.76. The third-order valence-electron chi connectivity index (χ3n) is 3.70. The lowest BCUT2D eigenvalue weighted by Crippen LogP contribution is -2.44. The fraction of sp³-hybridized carbons (Fsp3) is 0.500. The predicted molar refractivity (Wildman–Crippen MR) is 74.9 cm³/mol. The predicted octanol–water partition coefficient (Wildman–Crippen LogP) is 0.486. The van der Waals surface area contributed by atoms with Crippen molar-refractivity contribution in [3.8, 4) is 0 Å². The van der Waals surface area contributed by atoms with Crippen LogP contribution in [0.25, 0.3) is 0 Å². The Bertz CT molecular complexity index is 544. The zero-order valence-corrected chi connectivity index (χ0v) is 11.9. The summed E-state index contributed by atoms with van der Waals surface area (Å²) >= 11 is 0. The van der Waals surface area contributed by atoms with Crippen LogP contribution in [0.3, 0.4) is 0 Å². The molecule has 0 saturated carbocycles. The molecule has 2 amide bonds. The number of aromatic nitrogens is 1. The van der Waals surface area contributed by atoms with Crippen LogP contribution in [0, 0.1) is 0 Å². The fourth-order valence-electron chi connectivity index (χ4n) is 2.60. The number of nitrogens with zero attached hydrogens (tertiary/aromatic N) is 2. The van der Waals surface area contributed by atoms with Gasteiger partial charge in [0.1, 0.15) is 5.69 Å². The molecule has 0 spiro atoms. The molecule has 7 nitrogen and oxygen atoms in total. The highest BCUT2D eigenvalue weighted by atomic mass is 16.4. The number of amides is 2. The van der Waals surface area contributed by atoms with Crippen LogP contribution in [0.4, 0.5) is 0 Å². The Morgan fingerprint density at radius 2 is 2.00 bits per heavy atom. The molecule has 0 aromatic carbocycles. The minimum absolute atomic E-state index is 0.0178. The lowest BCUT2D eigenvalue weighted by atomic mass is 10.0. The van der Waals surface area contributed by atoms with Gasteiger partial charge in [0.2, 0.25) is 11.8 Å². The van der Waals surface area contributed by atoms with Crippen molar-refractivity contribution >= 4 is 17.8 Å². The smallest absolute Gasteiger partial charge is 0.352 e. The summed E-state index contributed by atoms with van der Waals surface area (Å²) in [6.45, 7) is 2.53. The summed E-state index contributed by atoms with van der Waals surface area (Å²) in [5.74, 6) is -1.27. The molecular weight excluding hydrogens is 274 g/mol. The van der Waals surface area contributed by atoms with E-state index < -0.39 is 5.97 Å². The maximum Gasteiger partial charge on any atom is 0.352 e. The number of nitrogens with one attached hydrogen (secondary N) is 1. The van der Waals surface area contributed by atoms with Crippen LogP contribution in [-0.2, 0) is 9.59 Å². The molecule has 2 heterocycles. The van der Waals surface area contributed by atoms with Gasteiger partial charge in [0, 0.05) is 32.3 Å². The normalized spacial score (nSPS) is 15.8. The van der Waals surface area contributed by atoms with Gasteiger partial charge in [-0.15, -0.1) is 0 Å². The Labute approximate surface area is 122 Å². The standard InChI is InChI=1S/C14H19N3O4/c1-10(18)15-9-13(19)16-7-4-11(5-8-16)17-6-2-3-12(17)14(20)21/h2-3,6,11H,4-5,7-9H2,1H3,(H,15,18)(H,20,21). The summed E-state index contributed by atoms with van der Waals surface area (Å²) in [5, 5.41) is 11.6. The SMILES string of the molecule is CC(=O)NCC(=O)N1CCC(n2cccc2C(=O)O)CC1. The molecule has 2 N–H and O–H groups in total. The molecule has 1 aromatic heterocycles. The van der Waals surface area contributed by atoms with Crippen molar-refractivity contribution < 1.29 is 19.5 Å². The Morgan fingerprint density at radius 1 is 1.33 bits per heavy atom. The van der Waals surface area contributed by atoms with E-state index in [2.05, 4.69) is 5.32 Å². The number of likely N-dealkylation sites (tertiary alicyclic amines) is 1. The van der Waals surface area contributed by atoms with Gasteiger partial charge in [-0.3, -0.25) is 9.59 Å². The molecule has 114 valence electrons. The van der Waals surface area contributed by atoms with Gasteiger partial charge in [-0.2, -0.15) is 0 Å². The first kappa shape index (κ1) is 15.1. The summed E-state index contributed by atoms with van der Waals surface area (Å²) in [7, 11) is 0. The molecule has 1 aliphatic rings. The maximum absolute atomic E-state index is 11.9. The number of carboxylic acid groups (broad SMARTS) is 1. The van der Waals surface area contributed by atoms with Crippen molar-refractivity contribution in [2.75, 3.05) is 19.6 Å². The molecule has 7 heteroatoms. The number of carbonyl (C=O) groups excluding carboxylic acids is 2. The molecule has 1 fully saturated rings. The summed E-state index contributed by atoms with van der Waals surface area (Å²) in [5.41, 5.74) is 0.276. The topological polar surface area (TPSA) is 91.6 Å². The minimum atomic E-state index is -0.941. The average molecular weight is 293 g/mol. The minimum Gasteiger partial charge on any atom is -0.477 e. The first-order chi connectivity index (χ1) is 9.99. The second-order valence-electron chi connectivity index (χ2n) is 5.13. The van der Waals surface area contributed by atoms with E-state index >= 15 is 0 Å². The molecular formula is C14H19N3O4. The zero-order chi connectivity index (χ0) is 15.4. The molecule has 0 unspecified atom stereocenters. The van der Waals surface area contributed by atoms with Crippen LogP contribution in [0.5, 0.6) is 0 Å². The van der Waals surface area contributed by atoms with Crippen LogP contribution in [0.15, 0.2) is 18.3 Å². The fourth-order valence-corrected chi connectivity index (χ4v) is 2.60. The molecule has 0 aliphatic carbocycles. The summed E-state index contributed by atoms with van der Waals surface area (Å²) in [6, 6.07) is 3.39. The zero-order valence-electron chi connectivity index (χ0n) is 11.9. The summed E-state index contributed by atoms with van der Waals surface area (Å²) in [4.78, 5) is 35.5. The second-order valence-corrected chi connectivity index (χ2v) is 5.13. The molecule has 1 aliphatic heterocycles. The van der Waals surface area contributed by atoms with E-state index in [-0.39, 0.29) is 30.1 Å². The number of carbonyl (C=O) groups is 3. The number of piperidine rings is 1. The highest BCUT2D eigenvalue weighted by Crippen LogP contribution is 2.24. The van der Waals surface area contributed by atoms with Gasteiger partial charge in [0.15, 0.2) is 0 Å². The van der Waals surface area contributed by atoms with E-state index in [4.69, 9.17) is 5.11 Å². The molecule has 1 aromatic rings. The van der Waals surface area contributed by atoms with Crippen LogP contribution in [-0.4, -0.2) is 52.0 Å². The van der Waals surface area contributed by atoms with Gasteiger partial charge in [0.25, 0.3) is 0 Å². The van der Waals surface area contributed by atoms with Gasteiger partial charge >= 0.3 is 5.97 Å². The van der Waals surface area contributed by atoms with E-state index in [9.17, 15) is 14.4 Å². The van der Waals surface area contributed by atoms with Crippen molar-refractivity contribution in [1.29, 1.82) is 0 Å². The molecule has 0 bridgehead atoms. The monoisotopic (exact) mass is 293 g/mol. The first-order valence-corrected chi connectivity index (χ1v) is 6.91. The van der Waals surface area contributed by atoms with Crippen molar-refractivity contribution in [2.24, 2.45) is 0 Å². The van der Waals surface area contributed by atoms with E-state index in [1.165, 1.54) is 6.92 Å². The van der Waals surface area contributed by atoms with Crippen molar-refractivity contribution in [3.63, 3.8) is 0 Å². The van der Waals surface area contributed by atoms with Crippen LogP contribution in [0.2, 0.25) is 0 Å². The number of carboxylic acids is 1. The van der Waals surface area contributed by atoms with Gasteiger partial charge in [-0.05, 0) is 25.0 Å². The van der Waals surface area contributed by atoms with Crippen LogP contribution >= 0.6 is 0 Å². The largest absolute Gasteiger partial charge is 0.477 e. The van der Waals surface area contributed by atoms with E-state index in [1.807, 2.05) is 0 Å². The third-order valence-corrected chi connectivity index (χ3v) is 3.70. The maximum atomic E-state index is 11.9. The highest BCUT2D eigenvalue weighted by Gasteiger charge is 2.25.